The zero-order chi connectivity index (χ0) is 13.7. The largest absolute Gasteiger partial charge is 0.387 e. The molecule has 2 rings (SSSR count). The number of hydrogen-bond donors (Lipinski definition) is 1. The normalized spacial score (nSPS) is 25.5. The van der Waals surface area contributed by atoms with Crippen LogP contribution in [0.3, 0.4) is 0 Å². The number of hydrogen-bond acceptors (Lipinski definition) is 2. The van der Waals surface area contributed by atoms with Gasteiger partial charge in [0, 0.05) is 12.6 Å². The van der Waals surface area contributed by atoms with Gasteiger partial charge in [0.15, 0.2) is 0 Å². The van der Waals surface area contributed by atoms with Crippen LogP contribution in [0, 0.1) is 5.92 Å². The van der Waals surface area contributed by atoms with E-state index in [0.29, 0.717) is 6.04 Å². The second kappa shape index (κ2) is 7.06. The van der Waals surface area contributed by atoms with Crippen LogP contribution < -0.4 is 0 Å². The molecule has 0 aromatic heterocycles. The van der Waals surface area contributed by atoms with Gasteiger partial charge in [-0.3, -0.25) is 0 Å². The van der Waals surface area contributed by atoms with E-state index in [9.17, 15) is 5.11 Å². The standard InChI is InChI=1S/C17H27NO/c1-3-14-9-11-16(12-10-14)18(2)13-17(19)15-7-5-4-6-8-15/h4-8,14,16-17,19H,3,9-13H2,1-2H3/t14?,16?,17-/m1/s1. The van der Waals surface area contributed by atoms with E-state index in [0.717, 1.165) is 18.0 Å². The van der Waals surface area contributed by atoms with Crippen molar-refractivity contribution in [2.45, 2.75) is 51.2 Å². The quantitative estimate of drug-likeness (QED) is 0.875. The smallest absolute Gasteiger partial charge is 0.0916 e. The molecule has 0 heterocycles. The van der Waals surface area contributed by atoms with Gasteiger partial charge in [0.25, 0.3) is 0 Å². The molecule has 1 atom stereocenters. The van der Waals surface area contributed by atoms with E-state index in [1.54, 1.807) is 0 Å². The van der Waals surface area contributed by atoms with Crippen LogP contribution >= 0.6 is 0 Å². The van der Waals surface area contributed by atoms with Gasteiger partial charge in [-0.1, -0.05) is 43.7 Å². The van der Waals surface area contributed by atoms with Gasteiger partial charge < -0.3 is 10.0 Å². The zero-order valence-corrected chi connectivity index (χ0v) is 12.3. The molecule has 1 aromatic rings. The molecule has 1 aromatic carbocycles. The number of rotatable bonds is 5. The van der Waals surface area contributed by atoms with E-state index < -0.39 is 0 Å². The first-order chi connectivity index (χ1) is 9.20. The van der Waals surface area contributed by atoms with Gasteiger partial charge in [-0.15, -0.1) is 0 Å². The van der Waals surface area contributed by atoms with Gasteiger partial charge in [0.1, 0.15) is 0 Å². The third kappa shape index (κ3) is 4.05. The van der Waals surface area contributed by atoms with E-state index in [2.05, 4.69) is 18.9 Å². The van der Waals surface area contributed by atoms with Gasteiger partial charge in [-0.05, 0) is 44.2 Å². The molecule has 19 heavy (non-hydrogen) atoms. The Morgan fingerprint density at radius 3 is 2.37 bits per heavy atom. The third-order valence-electron chi connectivity index (χ3n) is 4.66. The van der Waals surface area contributed by atoms with Crippen molar-refractivity contribution in [3.8, 4) is 0 Å². The molecule has 0 aliphatic heterocycles. The highest BCUT2D eigenvalue weighted by Gasteiger charge is 2.24. The molecule has 106 valence electrons. The predicted molar refractivity (Wildman–Crippen MR) is 80.1 cm³/mol. The summed E-state index contributed by atoms with van der Waals surface area (Å²) in [7, 11) is 2.16. The first-order valence-corrected chi connectivity index (χ1v) is 7.64. The Kier molecular flexibility index (Phi) is 5.41. The van der Waals surface area contributed by atoms with Crippen LogP contribution in [0.5, 0.6) is 0 Å². The van der Waals surface area contributed by atoms with E-state index in [4.69, 9.17) is 0 Å². The zero-order valence-electron chi connectivity index (χ0n) is 12.3. The van der Waals surface area contributed by atoms with Crippen LogP contribution in [0.25, 0.3) is 0 Å². The minimum atomic E-state index is -0.366. The Bertz CT molecular complexity index is 357. The second-order valence-corrected chi connectivity index (χ2v) is 5.95. The summed E-state index contributed by atoms with van der Waals surface area (Å²) in [6.07, 6.45) is 6.24. The molecule has 1 N–H and O–H groups in total. The Morgan fingerprint density at radius 2 is 1.79 bits per heavy atom. The molecule has 0 bridgehead atoms. The lowest BCUT2D eigenvalue weighted by atomic mass is 9.84. The fourth-order valence-electron chi connectivity index (χ4n) is 3.20. The number of nitrogens with zero attached hydrogens (tertiary/aromatic N) is 1. The Balaban J connectivity index is 1.83. The minimum absolute atomic E-state index is 0.366. The first-order valence-electron chi connectivity index (χ1n) is 7.64. The maximum Gasteiger partial charge on any atom is 0.0916 e. The lowest BCUT2D eigenvalue weighted by molar-refractivity contribution is 0.0840. The van der Waals surface area contributed by atoms with Crippen LogP contribution in [0.4, 0.5) is 0 Å². The highest BCUT2D eigenvalue weighted by Crippen LogP contribution is 2.29. The van der Waals surface area contributed by atoms with Gasteiger partial charge in [-0.2, -0.15) is 0 Å². The summed E-state index contributed by atoms with van der Waals surface area (Å²) in [5, 5.41) is 10.3. The van der Waals surface area contributed by atoms with Crippen LogP contribution in [0.15, 0.2) is 30.3 Å². The Morgan fingerprint density at radius 1 is 1.16 bits per heavy atom. The average molecular weight is 261 g/mol. The maximum absolute atomic E-state index is 10.3. The van der Waals surface area contributed by atoms with Crippen molar-refractivity contribution >= 4 is 0 Å². The fraction of sp³-hybridized carbons (Fsp3) is 0.647. The average Bonchev–Trinajstić information content (AvgIpc) is 2.48. The second-order valence-electron chi connectivity index (χ2n) is 5.95. The fourth-order valence-corrected chi connectivity index (χ4v) is 3.20. The molecular weight excluding hydrogens is 234 g/mol. The summed E-state index contributed by atoms with van der Waals surface area (Å²) in [5.41, 5.74) is 1.02. The van der Waals surface area contributed by atoms with E-state index in [-0.39, 0.29) is 6.10 Å². The third-order valence-corrected chi connectivity index (χ3v) is 4.66. The van der Waals surface area contributed by atoms with Gasteiger partial charge in [-0.25, -0.2) is 0 Å². The van der Waals surface area contributed by atoms with Crippen molar-refractivity contribution in [1.29, 1.82) is 0 Å². The molecule has 0 saturated heterocycles. The molecule has 1 aliphatic rings. The topological polar surface area (TPSA) is 23.5 Å². The summed E-state index contributed by atoms with van der Waals surface area (Å²) in [6.45, 7) is 3.04. The summed E-state index contributed by atoms with van der Waals surface area (Å²) < 4.78 is 0. The van der Waals surface area contributed by atoms with Gasteiger partial charge in [0.2, 0.25) is 0 Å². The number of aliphatic hydroxyl groups is 1. The minimum Gasteiger partial charge on any atom is -0.387 e. The summed E-state index contributed by atoms with van der Waals surface area (Å²) in [5.74, 6) is 0.934. The molecule has 0 radical (unpaired) electrons. The highest BCUT2D eigenvalue weighted by molar-refractivity contribution is 5.17. The summed E-state index contributed by atoms with van der Waals surface area (Å²) >= 11 is 0. The van der Waals surface area contributed by atoms with Crippen molar-refractivity contribution < 1.29 is 5.11 Å². The van der Waals surface area contributed by atoms with Crippen molar-refractivity contribution in [2.75, 3.05) is 13.6 Å². The van der Waals surface area contributed by atoms with Crippen LogP contribution in [0.2, 0.25) is 0 Å². The van der Waals surface area contributed by atoms with Crippen LogP contribution in [-0.2, 0) is 0 Å². The van der Waals surface area contributed by atoms with Crippen molar-refractivity contribution in [1.82, 2.24) is 4.90 Å². The molecule has 1 saturated carbocycles. The molecule has 0 spiro atoms. The van der Waals surface area contributed by atoms with E-state index >= 15 is 0 Å². The lowest BCUT2D eigenvalue weighted by Gasteiger charge is -2.35. The molecule has 2 heteroatoms. The molecular formula is C17H27NO. The maximum atomic E-state index is 10.3. The van der Waals surface area contributed by atoms with Crippen molar-refractivity contribution in [3.05, 3.63) is 35.9 Å². The number of aliphatic hydroxyl groups excluding tert-OH is 1. The van der Waals surface area contributed by atoms with Crippen molar-refractivity contribution in [3.63, 3.8) is 0 Å². The van der Waals surface area contributed by atoms with E-state index in [1.165, 1.54) is 32.1 Å². The SMILES string of the molecule is CCC1CCC(N(C)C[C@@H](O)c2ccccc2)CC1. The van der Waals surface area contributed by atoms with Gasteiger partial charge >= 0.3 is 0 Å². The van der Waals surface area contributed by atoms with Crippen LogP contribution in [0.1, 0.15) is 50.7 Å². The highest BCUT2D eigenvalue weighted by atomic mass is 16.3. The first kappa shape index (κ1) is 14.5. The summed E-state index contributed by atoms with van der Waals surface area (Å²) in [6, 6.07) is 10.6. The molecule has 2 nitrogen and oxygen atoms in total. The molecule has 1 fully saturated rings. The van der Waals surface area contributed by atoms with Crippen molar-refractivity contribution in [2.24, 2.45) is 5.92 Å². The monoisotopic (exact) mass is 261 g/mol. The van der Waals surface area contributed by atoms with E-state index in [1.807, 2.05) is 30.3 Å². The number of likely N-dealkylation sites (N-methyl/N-ethyl adjacent to an activating group) is 1. The lowest BCUT2D eigenvalue weighted by Crippen LogP contribution is -2.37. The summed E-state index contributed by atoms with van der Waals surface area (Å²) in [4.78, 5) is 2.35. The number of benzene rings is 1. The van der Waals surface area contributed by atoms with Gasteiger partial charge in [0.05, 0.1) is 6.10 Å². The molecule has 0 unspecified atom stereocenters. The molecule has 1 aliphatic carbocycles. The molecule has 0 amide bonds. The Labute approximate surface area is 117 Å². The van der Waals surface area contributed by atoms with Crippen LogP contribution in [-0.4, -0.2) is 29.6 Å². The predicted octanol–water partition coefficient (Wildman–Crippen LogP) is 3.62. The Hall–Kier alpha value is -0.860.